The maximum Gasteiger partial charge on any atom is 0.273 e. The molecule has 0 atom stereocenters. The highest BCUT2D eigenvalue weighted by molar-refractivity contribution is 9.10. The molecule has 1 aromatic heterocycles. The van der Waals surface area contributed by atoms with Crippen molar-refractivity contribution in [1.82, 2.24) is 15.3 Å². The summed E-state index contributed by atoms with van der Waals surface area (Å²) >= 11 is 12.3. The molecular formula is C18H11Br2ClFN5O2. The predicted octanol–water partition coefficient (Wildman–Crippen LogP) is 4.90. The Morgan fingerprint density at radius 1 is 1.38 bits per heavy atom. The fourth-order valence-electron chi connectivity index (χ4n) is 2.39. The van der Waals surface area contributed by atoms with E-state index in [-0.39, 0.29) is 45.8 Å². The Hall–Kier alpha value is -2.61. The highest BCUT2D eigenvalue weighted by Gasteiger charge is 2.18. The number of ether oxygens (including phenoxy) is 1. The number of imidazole rings is 1. The van der Waals surface area contributed by atoms with Crippen LogP contribution in [0.15, 0.2) is 39.4 Å². The molecule has 3 rings (SSSR count). The molecule has 4 N–H and O–H groups in total. The van der Waals surface area contributed by atoms with Gasteiger partial charge in [0.2, 0.25) is 0 Å². The smallest absolute Gasteiger partial charge is 0.273 e. The van der Waals surface area contributed by atoms with E-state index in [0.717, 1.165) is 0 Å². The van der Waals surface area contributed by atoms with Crippen LogP contribution < -0.4 is 15.8 Å². The monoisotopic (exact) mass is 541 g/mol. The Morgan fingerprint density at radius 3 is 2.79 bits per heavy atom. The van der Waals surface area contributed by atoms with Crippen LogP contribution >= 0.6 is 43.5 Å². The van der Waals surface area contributed by atoms with Gasteiger partial charge in [-0.1, -0.05) is 17.7 Å². The fraction of sp³-hybridized carbons (Fsp3) is 0.0556. The molecule has 2 aromatic carbocycles. The number of nitrogen functional groups attached to an aromatic ring is 1. The lowest BCUT2D eigenvalue weighted by atomic mass is 10.2. The summed E-state index contributed by atoms with van der Waals surface area (Å²) in [4.78, 5) is 18.7. The third-order valence-electron chi connectivity index (χ3n) is 3.68. The van der Waals surface area contributed by atoms with Crippen molar-refractivity contribution in [3.63, 3.8) is 0 Å². The molecule has 1 heterocycles. The van der Waals surface area contributed by atoms with Gasteiger partial charge in [-0.05, 0) is 56.1 Å². The molecule has 0 fully saturated rings. The summed E-state index contributed by atoms with van der Waals surface area (Å²) in [7, 11) is 0. The minimum atomic E-state index is -0.682. The molecule has 0 unspecified atom stereocenters. The Labute approximate surface area is 186 Å². The maximum absolute atomic E-state index is 15.0. The summed E-state index contributed by atoms with van der Waals surface area (Å²) in [6.45, 7) is -0.119. The molecule has 0 saturated carbocycles. The summed E-state index contributed by atoms with van der Waals surface area (Å²) < 4.78 is 21.3. The molecule has 0 spiro atoms. The van der Waals surface area contributed by atoms with E-state index in [2.05, 4.69) is 47.1 Å². The zero-order valence-electron chi connectivity index (χ0n) is 14.4. The number of carbonyl (C=O) groups excluding carboxylic acids is 1. The van der Waals surface area contributed by atoms with Crippen LogP contribution in [0.1, 0.15) is 21.6 Å². The van der Waals surface area contributed by atoms with Crippen molar-refractivity contribution >= 4 is 55.3 Å². The Balaban J connectivity index is 1.82. The lowest BCUT2D eigenvalue weighted by Gasteiger charge is -2.13. The number of carbonyl (C=O) groups is 1. The van der Waals surface area contributed by atoms with Crippen LogP contribution in [0.25, 0.3) is 0 Å². The van der Waals surface area contributed by atoms with Gasteiger partial charge in [-0.2, -0.15) is 5.26 Å². The van der Waals surface area contributed by atoms with Gasteiger partial charge >= 0.3 is 0 Å². The van der Waals surface area contributed by atoms with E-state index >= 15 is 0 Å². The molecule has 1 amide bonds. The van der Waals surface area contributed by atoms with E-state index in [0.29, 0.717) is 9.08 Å². The highest BCUT2D eigenvalue weighted by Crippen LogP contribution is 2.35. The Morgan fingerprint density at radius 2 is 2.14 bits per heavy atom. The number of aromatic amines is 1. The number of H-pyrrole nitrogens is 1. The van der Waals surface area contributed by atoms with Crippen LogP contribution in [-0.2, 0) is 6.54 Å². The van der Waals surface area contributed by atoms with Crippen molar-refractivity contribution in [2.75, 3.05) is 5.73 Å². The van der Waals surface area contributed by atoms with Gasteiger partial charge < -0.3 is 20.8 Å². The van der Waals surface area contributed by atoms with Gasteiger partial charge in [-0.25, -0.2) is 9.37 Å². The van der Waals surface area contributed by atoms with Crippen molar-refractivity contribution < 1.29 is 13.9 Å². The van der Waals surface area contributed by atoms with Gasteiger partial charge in [0.1, 0.15) is 10.4 Å². The Kier molecular flexibility index (Phi) is 6.42. The second kappa shape index (κ2) is 8.82. The minimum Gasteiger partial charge on any atom is -0.453 e. The summed E-state index contributed by atoms with van der Waals surface area (Å²) in [6, 6.07) is 9.39. The summed E-state index contributed by atoms with van der Waals surface area (Å²) in [5.41, 5.74) is 6.01. The molecule has 0 aliphatic rings. The number of nitriles is 1. The molecular weight excluding hydrogens is 532 g/mol. The average Bonchev–Trinajstić information content (AvgIpc) is 3.02. The molecule has 0 saturated heterocycles. The van der Waals surface area contributed by atoms with Gasteiger partial charge in [-0.3, -0.25) is 4.79 Å². The number of halogens is 4. The van der Waals surface area contributed by atoms with Gasteiger partial charge in [-0.15, -0.1) is 0 Å². The average molecular weight is 544 g/mol. The number of hydrogen-bond acceptors (Lipinski definition) is 5. The highest BCUT2D eigenvalue weighted by atomic mass is 79.9. The van der Waals surface area contributed by atoms with Crippen LogP contribution in [-0.4, -0.2) is 15.9 Å². The summed E-state index contributed by atoms with van der Waals surface area (Å²) in [6.07, 6.45) is 0. The first-order chi connectivity index (χ1) is 13.8. The van der Waals surface area contributed by atoms with E-state index in [1.54, 1.807) is 6.07 Å². The number of nitrogens with one attached hydrogen (secondary N) is 2. The molecule has 0 aliphatic heterocycles. The molecule has 29 heavy (non-hydrogen) atoms. The van der Waals surface area contributed by atoms with E-state index < -0.39 is 11.7 Å². The van der Waals surface area contributed by atoms with E-state index in [1.807, 2.05) is 6.07 Å². The summed E-state index contributed by atoms with van der Waals surface area (Å²) in [5, 5.41) is 11.9. The maximum atomic E-state index is 15.0. The van der Waals surface area contributed by atoms with Crippen LogP contribution in [0.2, 0.25) is 5.02 Å². The van der Waals surface area contributed by atoms with Gasteiger partial charge in [0.05, 0.1) is 16.1 Å². The number of benzene rings is 2. The van der Waals surface area contributed by atoms with E-state index in [1.165, 1.54) is 24.3 Å². The first-order valence-electron chi connectivity index (χ1n) is 7.93. The van der Waals surface area contributed by atoms with Crippen LogP contribution in [0, 0.1) is 17.1 Å². The lowest BCUT2D eigenvalue weighted by Crippen LogP contribution is -2.24. The molecule has 0 bridgehead atoms. The number of nitrogens with zero attached hydrogens (tertiary/aromatic N) is 2. The largest absolute Gasteiger partial charge is 0.453 e. The van der Waals surface area contributed by atoms with E-state index in [9.17, 15) is 9.18 Å². The van der Waals surface area contributed by atoms with Gasteiger partial charge in [0, 0.05) is 17.1 Å². The zero-order valence-corrected chi connectivity index (χ0v) is 18.3. The number of rotatable bonds is 5. The topological polar surface area (TPSA) is 117 Å². The molecule has 0 radical (unpaired) electrons. The fourth-order valence-corrected chi connectivity index (χ4v) is 3.47. The second-order valence-electron chi connectivity index (χ2n) is 5.71. The van der Waals surface area contributed by atoms with Crippen LogP contribution in [0.5, 0.6) is 11.5 Å². The SMILES string of the molecule is N#Cc1cc(Cl)cc(Oc2c(Br)ccc(CNC(=O)c3nc(N)[nH]c3Br)c2F)c1. The molecule has 3 aromatic rings. The third kappa shape index (κ3) is 4.87. The van der Waals surface area contributed by atoms with Crippen molar-refractivity contribution in [3.05, 3.63) is 67.1 Å². The number of anilines is 1. The standard InChI is InChI=1S/C18H11Br2ClFN5O2/c19-12-2-1-9(7-25-17(28)14-16(20)27-18(24)26-14)13(22)15(12)29-11-4-8(6-23)3-10(21)5-11/h1-5H,7H2,(H,25,28)(H3,24,26,27). The first-order valence-corrected chi connectivity index (χ1v) is 9.89. The predicted molar refractivity (Wildman–Crippen MR) is 112 cm³/mol. The minimum absolute atomic E-state index is 0.0550. The quantitative estimate of drug-likeness (QED) is 0.423. The molecule has 7 nitrogen and oxygen atoms in total. The molecule has 0 aliphatic carbocycles. The zero-order chi connectivity index (χ0) is 21.1. The normalized spacial score (nSPS) is 10.4. The van der Waals surface area contributed by atoms with Crippen molar-refractivity contribution in [3.8, 4) is 17.6 Å². The number of aromatic nitrogens is 2. The van der Waals surface area contributed by atoms with Gasteiger partial charge in [0.15, 0.2) is 23.2 Å². The molecule has 148 valence electrons. The summed E-state index contributed by atoms with van der Waals surface area (Å²) in [5.74, 6) is -1.05. The lowest BCUT2D eigenvalue weighted by molar-refractivity contribution is 0.0945. The Bertz CT molecular complexity index is 1150. The van der Waals surface area contributed by atoms with Crippen LogP contribution in [0.4, 0.5) is 10.3 Å². The third-order valence-corrected chi connectivity index (χ3v) is 5.10. The van der Waals surface area contributed by atoms with Crippen molar-refractivity contribution in [2.24, 2.45) is 0 Å². The van der Waals surface area contributed by atoms with Crippen LogP contribution in [0.3, 0.4) is 0 Å². The second-order valence-corrected chi connectivity index (χ2v) is 7.79. The first kappa shape index (κ1) is 21.1. The molecule has 11 heteroatoms. The van der Waals surface area contributed by atoms with Gasteiger partial charge in [0.25, 0.3) is 5.91 Å². The number of nitrogens with two attached hydrogens (primary N) is 1. The van der Waals surface area contributed by atoms with Crippen molar-refractivity contribution in [1.29, 1.82) is 5.26 Å². The van der Waals surface area contributed by atoms with E-state index in [4.69, 9.17) is 27.3 Å². The van der Waals surface area contributed by atoms with Crippen molar-refractivity contribution in [2.45, 2.75) is 6.54 Å². The number of hydrogen-bond donors (Lipinski definition) is 3. The number of amides is 1.